The van der Waals surface area contributed by atoms with E-state index in [4.69, 9.17) is 18.9 Å². The first kappa shape index (κ1) is 66.3. The fourth-order valence-electron chi connectivity index (χ4n) is 9.56. The van der Waals surface area contributed by atoms with Crippen molar-refractivity contribution in [1.82, 2.24) is 5.32 Å². The summed E-state index contributed by atoms with van der Waals surface area (Å²) in [6.07, 6.45) is 36.0. The number of carbonyl (C=O) groups is 1. The quantitative estimate of drug-likeness (QED) is 0.0205. The van der Waals surface area contributed by atoms with Crippen molar-refractivity contribution in [3.05, 3.63) is 36.5 Å². The van der Waals surface area contributed by atoms with Crippen LogP contribution >= 0.6 is 0 Å². The summed E-state index contributed by atoms with van der Waals surface area (Å²) in [5, 5.41) is 87.0. The predicted molar refractivity (Wildman–Crippen MR) is 286 cm³/mol. The monoisotopic (exact) mass is 1030 g/mol. The first-order chi connectivity index (χ1) is 35.1. The minimum absolute atomic E-state index is 0.243. The van der Waals surface area contributed by atoms with Gasteiger partial charge in [0.05, 0.1) is 32.0 Å². The highest BCUT2D eigenvalue weighted by Gasteiger charge is 2.51. The van der Waals surface area contributed by atoms with Crippen molar-refractivity contribution in [2.24, 2.45) is 0 Å². The van der Waals surface area contributed by atoms with Gasteiger partial charge in [-0.1, -0.05) is 211 Å². The first-order valence-corrected chi connectivity index (χ1v) is 29.2. The van der Waals surface area contributed by atoms with E-state index in [-0.39, 0.29) is 18.9 Å². The maximum atomic E-state index is 13.2. The van der Waals surface area contributed by atoms with Crippen LogP contribution in [0.25, 0.3) is 0 Å². The maximum absolute atomic E-state index is 13.2. The van der Waals surface area contributed by atoms with Crippen LogP contribution in [0.4, 0.5) is 0 Å². The Kier molecular flexibility index (Phi) is 40.9. The number of hydrogen-bond donors (Lipinski definition) is 9. The van der Waals surface area contributed by atoms with Crippen molar-refractivity contribution < 1.29 is 64.6 Å². The Balaban J connectivity index is 1.78. The summed E-state index contributed by atoms with van der Waals surface area (Å²) < 4.78 is 22.8. The summed E-state index contributed by atoms with van der Waals surface area (Å²) in [6, 6.07) is -0.916. The van der Waals surface area contributed by atoms with Crippen LogP contribution in [0.5, 0.6) is 0 Å². The van der Waals surface area contributed by atoms with Crippen molar-refractivity contribution in [3.63, 3.8) is 0 Å². The number of amides is 1. The fraction of sp³-hybridized carbons (Fsp3) is 0.879. The summed E-state index contributed by atoms with van der Waals surface area (Å²) >= 11 is 0. The number of aliphatic hydroxyl groups is 8. The summed E-state index contributed by atoms with van der Waals surface area (Å²) in [5.41, 5.74) is 0. The van der Waals surface area contributed by atoms with Crippen LogP contribution in [-0.4, -0.2) is 140 Å². The molecule has 14 heteroatoms. The van der Waals surface area contributed by atoms with Crippen LogP contribution in [-0.2, 0) is 23.7 Å². The molecule has 0 aromatic rings. The summed E-state index contributed by atoms with van der Waals surface area (Å²) in [5.74, 6) is -0.243. The number of ether oxygens (including phenoxy) is 4. The van der Waals surface area contributed by atoms with Gasteiger partial charge in [0.1, 0.15) is 48.8 Å². The molecule has 2 saturated heterocycles. The van der Waals surface area contributed by atoms with Gasteiger partial charge in [0.25, 0.3) is 0 Å². The van der Waals surface area contributed by atoms with E-state index in [9.17, 15) is 45.6 Å². The van der Waals surface area contributed by atoms with Gasteiger partial charge in [-0.15, -0.1) is 0 Å². The average molecular weight is 1030 g/mol. The third-order valence-electron chi connectivity index (χ3n) is 14.3. The van der Waals surface area contributed by atoms with E-state index in [1.807, 2.05) is 6.08 Å². The molecule has 0 spiro atoms. The van der Waals surface area contributed by atoms with E-state index in [1.165, 1.54) is 154 Å². The molecule has 422 valence electrons. The van der Waals surface area contributed by atoms with E-state index in [0.717, 1.165) is 51.4 Å². The SMILES string of the molecule is CCCCCCC/C=C\C/C=C\CCCCCCCCCCCC(=O)NC(COC1OC(CO)C(OC2OC(CO)C(O)C(O)C2O)C(O)C1O)C(O)/C=C/CCCCCCCCCCCCCCCCC. The molecular weight excluding hydrogens is 919 g/mol. The zero-order valence-corrected chi connectivity index (χ0v) is 45.2. The Hall–Kier alpha value is -1.79. The summed E-state index contributed by atoms with van der Waals surface area (Å²) in [4.78, 5) is 13.2. The van der Waals surface area contributed by atoms with Crippen LogP contribution in [0.15, 0.2) is 36.5 Å². The highest BCUT2D eigenvalue weighted by molar-refractivity contribution is 5.76. The summed E-state index contributed by atoms with van der Waals surface area (Å²) in [7, 11) is 0. The fourth-order valence-corrected chi connectivity index (χ4v) is 9.56. The second-order valence-electron chi connectivity index (χ2n) is 20.8. The van der Waals surface area contributed by atoms with E-state index in [1.54, 1.807) is 6.08 Å². The molecule has 12 unspecified atom stereocenters. The molecule has 0 bridgehead atoms. The van der Waals surface area contributed by atoms with Crippen molar-refractivity contribution in [3.8, 4) is 0 Å². The highest BCUT2D eigenvalue weighted by atomic mass is 16.7. The molecule has 14 nitrogen and oxygen atoms in total. The van der Waals surface area contributed by atoms with Gasteiger partial charge in [-0.05, 0) is 51.4 Å². The number of allylic oxidation sites excluding steroid dienone is 5. The molecule has 2 rings (SSSR count). The van der Waals surface area contributed by atoms with Crippen LogP contribution < -0.4 is 5.32 Å². The van der Waals surface area contributed by atoms with Crippen LogP contribution in [0.1, 0.15) is 232 Å². The lowest BCUT2D eigenvalue weighted by Crippen LogP contribution is -2.65. The van der Waals surface area contributed by atoms with Gasteiger partial charge >= 0.3 is 0 Å². The lowest BCUT2D eigenvalue weighted by atomic mass is 9.97. The van der Waals surface area contributed by atoms with E-state index in [0.29, 0.717) is 6.42 Å². The topological polar surface area (TPSA) is 228 Å². The number of hydrogen-bond acceptors (Lipinski definition) is 13. The highest BCUT2D eigenvalue weighted by Crippen LogP contribution is 2.30. The Morgan fingerprint density at radius 2 is 0.917 bits per heavy atom. The molecule has 0 radical (unpaired) electrons. The minimum Gasteiger partial charge on any atom is -0.394 e. The molecule has 2 heterocycles. The van der Waals surface area contributed by atoms with Gasteiger partial charge in [0.2, 0.25) is 5.91 Å². The standard InChI is InChI=1S/C58H107NO13/c1-3-5-7-9-11-13-15-17-19-21-22-23-24-26-28-30-32-34-36-38-40-42-50(63)59-46(47(62)41-39-37-35-33-31-29-27-25-20-18-16-14-12-10-8-6-4-2)45-69-57-55(68)53(66)56(49(44-61)71-57)72-58-54(67)52(65)51(64)48(43-60)70-58/h15,17,21-22,39,41,46-49,51-58,60-62,64-68H,3-14,16,18-20,23-38,40,42-45H2,1-2H3,(H,59,63)/b17-15-,22-21-,41-39+. The zero-order chi connectivity index (χ0) is 52.4. The minimum atomic E-state index is -1.79. The van der Waals surface area contributed by atoms with Gasteiger partial charge in [-0.3, -0.25) is 4.79 Å². The van der Waals surface area contributed by atoms with Gasteiger partial charge in [0, 0.05) is 6.42 Å². The molecule has 0 aromatic heterocycles. The number of aliphatic hydroxyl groups excluding tert-OH is 8. The van der Waals surface area contributed by atoms with E-state index >= 15 is 0 Å². The molecule has 1 amide bonds. The molecule has 0 aromatic carbocycles. The lowest BCUT2D eigenvalue weighted by Gasteiger charge is -2.46. The predicted octanol–water partition coefficient (Wildman–Crippen LogP) is 9.44. The molecule has 12 atom stereocenters. The number of nitrogens with one attached hydrogen (secondary N) is 1. The molecule has 2 aliphatic rings. The Bertz CT molecular complexity index is 1350. The molecule has 2 fully saturated rings. The van der Waals surface area contributed by atoms with Crippen molar-refractivity contribution >= 4 is 5.91 Å². The Morgan fingerprint density at radius 1 is 0.500 bits per heavy atom. The van der Waals surface area contributed by atoms with Crippen LogP contribution in [0, 0.1) is 0 Å². The molecule has 0 aliphatic carbocycles. The second kappa shape index (κ2) is 44.3. The molecule has 2 aliphatic heterocycles. The normalized spacial score (nSPS) is 25.8. The Morgan fingerprint density at radius 3 is 1.39 bits per heavy atom. The van der Waals surface area contributed by atoms with Crippen LogP contribution in [0.2, 0.25) is 0 Å². The largest absolute Gasteiger partial charge is 0.394 e. The third kappa shape index (κ3) is 30.1. The van der Waals surface area contributed by atoms with E-state index < -0.39 is 86.8 Å². The van der Waals surface area contributed by atoms with Crippen molar-refractivity contribution in [2.75, 3.05) is 19.8 Å². The van der Waals surface area contributed by atoms with Crippen molar-refractivity contribution in [2.45, 2.75) is 306 Å². The smallest absolute Gasteiger partial charge is 0.220 e. The van der Waals surface area contributed by atoms with Gasteiger partial charge < -0.3 is 65.1 Å². The molecule has 72 heavy (non-hydrogen) atoms. The summed E-state index contributed by atoms with van der Waals surface area (Å²) in [6.45, 7) is 2.79. The lowest BCUT2D eigenvalue weighted by molar-refractivity contribution is -0.359. The molecular formula is C58H107NO13. The average Bonchev–Trinajstić information content (AvgIpc) is 3.38. The van der Waals surface area contributed by atoms with Crippen molar-refractivity contribution in [1.29, 1.82) is 0 Å². The van der Waals surface area contributed by atoms with E-state index in [2.05, 4.69) is 43.5 Å². The Labute approximate surface area is 436 Å². The number of carbonyl (C=O) groups excluding carboxylic acids is 1. The first-order valence-electron chi connectivity index (χ1n) is 29.2. The van der Waals surface area contributed by atoms with Gasteiger partial charge in [-0.2, -0.15) is 0 Å². The number of unbranched alkanes of at least 4 members (excludes halogenated alkanes) is 29. The second-order valence-corrected chi connectivity index (χ2v) is 20.8. The third-order valence-corrected chi connectivity index (χ3v) is 14.3. The van der Waals surface area contributed by atoms with Crippen LogP contribution in [0.3, 0.4) is 0 Å². The zero-order valence-electron chi connectivity index (χ0n) is 45.2. The number of rotatable bonds is 46. The molecule has 9 N–H and O–H groups in total. The maximum Gasteiger partial charge on any atom is 0.220 e. The van der Waals surface area contributed by atoms with Gasteiger partial charge in [-0.25, -0.2) is 0 Å². The molecule has 0 saturated carbocycles. The van der Waals surface area contributed by atoms with Gasteiger partial charge in [0.15, 0.2) is 12.6 Å².